The SMILES string of the molecule is O=C1C2=CCC=CC=C2CN1C/C=C/c1ccccc1. The topological polar surface area (TPSA) is 20.3 Å². The van der Waals surface area contributed by atoms with Crippen molar-refractivity contribution in [1.29, 1.82) is 0 Å². The average molecular weight is 263 g/mol. The van der Waals surface area contributed by atoms with Crippen LogP contribution >= 0.6 is 0 Å². The van der Waals surface area contributed by atoms with Gasteiger partial charge in [0.2, 0.25) is 0 Å². The lowest BCUT2D eigenvalue weighted by Gasteiger charge is -2.11. The number of likely N-dealkylation sites (tertiary alicyclic amines) is 1. The highest BCUT2D eigenvalue weighted by molar-refractivity contribution is 6.01. The van der Waals surface area contributed by atoms with Gasteiger partial charge in [-0.1, -0.05) is 66.8 Å². The molecule has 100 valence electrons. The van der Waals surface area contributed by atoms with Gasteiger partial charge in [-0.2, -0.15) is 0 Å². The summed E-state index contributed by atoms with van der Waals surface area (Å²) in [6, 6.07) is 10.1. The zero-order valence-electron chi connectivity index (χ0n) is 11.3. The summed E-state index contributed by atoms with van der Waals surface area (Å²) in [7, 11) is 0. The number of allylic oxidation sites excluding steroid dienone is 4. The van der Waals surface area contributed by atoms with E-state index in [1.165, 1.54) is 0 Å². The highest BCUT2D eigenvalue weighted by atomic mass is 16.2. The van der Waals surface area contributed by atoms with E-state index in [1.54, 1.807) is 0 Å². The number of hydrogen-bond acceptors (Lipinski definition) is 1. The van der Waals surface area contributed by atoms with Gasteiger partial charge in [-0.3, -0.25) is 4.79 Å². The number of nitrogens with zero attached hydrogens (tertiary/aromatic N) is 1. The number of carbonyl (C=O) groups excluding carboxylic acids is 1. The monoisotopic (exact) mass is 263 g/mol. The van der Waals surface area contributed by atoms with Crippen molar-refractivity contribution in [2.24, 2.45) is 0 Å². The molecule has 2 heteroatoms. The van der Waals surface area contributed by atoms with E-state index < -0.39 is 0 Å². The van der Waals surface area contributed by atoms with E-state index in [9.17, 15) is 4.79 Å². The van der Waals surface area contributed by atoms with Gasteiger partial charge in [0, 0.05) is 18.7 Å². The molecule has 0 aromatic heterocycles. The first kappa shape index (κ1) is 12.7. The molecule has 2 nitrogen and oxygen atoms in total. The van der Waals surface area contributed by atoms with Crippen LogP contribution in [0.15, 0.2) is 71.9 Å². The van der Waals surface area contributed by atoms with Crippen molar-refractivity contribution in [1.82, 2.24) is 4.90 Å². The van der Waals surface area contributed by atoms with Crippen molar-refractivity contribution >= 4 is 12.0 Å². The molecule has 0 unspecified atom stereocenters. The van der Waals surface area contributed by atoms with Gasteiger partial charge in [-0.05, 0) is 17.6 Å². The number of fused-ring (bicyclic) bond motifs is 1. The lowest BCUT2D eigenvalue weighted by Crippen LogP contribution is -2.25. The molecule has 0 bridgehead atoms. The van der Waals surface area contributed by atoms with Crippen molar-refractivity contribution in [2.75, 3.05) is 13.1 Å². The highest BCUT2D eigenvalue weighted by Gasteiger charge is 2.29. The molecule has 20 heavy (non-hydrogen) atoms. The van der Waals surface area contributed by atoms with Crippen LogP contribution in [-0.4, -0.2) is 23.9 Å². The molecule has 0 N–H and O–H groups in total. The first-order valence-corrected chi connectivity index (χ1v) is 6.92. The van der Waals surface area contributed by atoms with Gasteiger partial charge in [0.15, 0.2) is 0 Å². The second-order valence-corrected chi connectivity index (χ2v) is 4.97. The van der Waals surface area contributed by atoms with Crippen LogP contribution in [0.5, 0.6) is 0 Å². The predicted octanol–water partition coefficient (Wildman–Crippen LogP) is 3.35. The first-order chi connectivity index (χ1) is 9.84. The number of amides is 1. The van der Waals surface area contributed by atoms with Gasteiger partial charge >= 0.3 is 0 Å². The standard InChI is InChI=1S/C18H17NO/c20-18-17-12-6-2-5-11-16(17)14-19(18)13-7-10-15-8-3-1-4-9-15/h1-5,7-12H,6,13-14H2/b10-7+. The summed E-state index contributed by atoms with van der Waals surface area (Å²) < 4.78 is 0. The van der Waals surface area contributed by atoms with E-state index in [0.717, 1.165) is 23.1 Å². The van der Waals surface area contributed by atoms with Crippen LogP contribution in [0.3, 0.4) is 0 Å². The van der Waals surface area contributed by atoms with Gasteiger partial charge in [0.05, 0.1) is 0 Å². The molecule has 0 saturated carbocycles. The molecule has 2 aliphatic rings. The van der Waals surface area contributed by atoms with E-state index in [-0.39, 0.29) is 5.91 Å². The lowest BCUT2D eigenvalue weighted by molar-refractivity contribution is -0.124. The van der Waals surface area contributed by atoms with Gasteiger partial charge in [0.25, 0.3) is 5.91 Å². The molecule has 0 radical (unpaired) electrons. The summed E-state index contributed by atoms with van der Waals surface area (Å²) in [6.07, 6.45) is 13.1. The summed E-state index contributed by atoms with van der Waals surface area (Å²) in [6.45, 7) is 1.38. The molecule has 1 amide bonds. The fraction of sp³-hybridized carbons (Fsp3) is 0.167. The maximum absolute atomic E-state index is 12.3. The van der Waals surface area contributed by atoms with Crippen molar-refractivity contribution < 1.29 is 4.79 Å². The van der Waals surface area contributed by atoms with Gasteiger partial charge in [-0.15, -0.1) is 0 Å². The van der Waals surface area contributed by atoms with Gasteiger partial charge < -0.3 is 4.90 Å². The normalized spacial score (nSPS) is 18.0. The molecule has 0 spiro atoms. The molecule has 1 aromatic rings. The van der Waals surface area contributed by atoms with Crippen LogP contribution < -0.4 is 0 Å². The predicted molar refractivity (Wildman–Crippen MR) is 82.0 cm³/mol. The van der Waals surface area contributed by atoms with Gasteiger partial charge in [0.1, 0.15) is 0 Å². The van der Waals surface area contributed by atoms with Crippen molar-refractivity contribution in [3.63, 3.8) is 0 Å². The number of benzene rings is 1. The molecule has 1 heterocycles. The number of rotatable bonds is 3. The summed E-state index contributed by atoms with van der Waals surface area (Å²) >= 11 is 0. The zero-order chi connectivity index (χ0) is 13.8. The van der Waals surface area contributed by atoms with E-state index >= 15 is 0 Å². The summed E-state index contributed by atoms with van der Waals surface area (Å²) in [5.41, 5.74) is 3.18. The minimum absolute atomic E-state index is 0.151. The van der Waals surface area contributed by atoms with Gasteiger partial charge in [-0.25, -0.2) is 0 Å². The number of carbonyl (C=O) groups is 1. The zero-order valence-corrected chi connectivity index (χ0v) is 11.3. The Hall–Kier alpha value is -2.35. The van der Waals surface area contributed by atoms with Crippen molar-refractivity contribution in [3.8, 4) is 0 Å². The van der Waals surface area contributed by atoms with Crippen LogP contribution in [-0.2, 0) is 4.79 Å². The molecule has 1 aliphatic carbocycles. The van der Waals surface area contributed by atoms with Crippen LogP contribution in [0, 0.1) is 0 Å². The fourth-order valence-corrected chi connectivity index (χ4v) is 2.51. The summed E-state index contributed by atoms with van der Waals surface area (Å²) in [4.78, 5) is 14.2. The van der Waals surface area contributed by atoms with E-state index in [4.69, 9.17) is 0 Å². The van der Waals surface area contributed by atoms with E-state index in [1.807, 2.05) is 35.3 Å². The Kier molecular flexibility index (Phi) is 3.64. The molecule has 0 atom stereocenters. The molecule has 3 rings (SSSR count). The lowest BCUT2D eigenvalue weighted by atomic mass is 10.1. The maximum Gasteiger partial charge on any atom is 0.254 e. The third kappa shape index (κ3) is 2.64. The first-order valence-electron chi connectivity index (χ1n) is 6.92. The smallest absolute Gasteiger partial charge is 0.254 e. The molecular weight excluding hydrogens is 246 g/mol. The van der Waals surface area contributed by atoms with Crippen LogP contribution in [0.2, 0.25) is 0 Å². The Bertz CT molecular complexity index is 620. The Balaban J connectivity index is 1.68. The second kappa shape index (κ2) is 5.74. The quantitative estimate of drug-likeness (QED) is 0.819. The van der Waals surface area contributed by atoms with Crippen molar-refractivity contribution in [2.45, 2.75) is 6.42 Å². The van der Waals surface area contributed by atoms with Crippen LogP contribution in [0.4, 0.5) is 0 Å². The molecule has 1 saturated heterocycles. The summed E-state index contributed by atoms with van der Waals surface area (Å²) in [5.74, 6) is 0.151. The van der Waals surface area contributed by atoms with Crippen molar-refractivity contribution in [3.05, 3.63) is 77.4 Å². The third-order valence-electron chi connectivity index (χ3n) is 3.55. The Morgan fingerprint density at radius 3 is 2.90 bits per heavy atom. The molecular formula is C18H17NO. The minimum atomic E-state index is 0.151. The Morgan fingerprint density at radius 1 is 1.20 bits per heavy atom. The Labute approximate surface area is 119 Å². The Morgan fingerprint density at radius 2 is 2.05 bits per heavy atom. The average Bonchev–Trinajstić information content (AvgIpc) is 2.66. The highest BCUT2D eigenvalue weighted by Crippen LogP contribution is 2.25. The van der Waals surface area contributed by atoms with Crippen LogP contribution in [0.25, 0.3) is 6.08 Å². The molecule has 1 aromatic carbocycles. The fourth-order valence-electron chi connectivity index (χ4n) is 2.51. The molecule has 1 fully saturated rings. The maximum atomic E-state index is 12.3. The van der Waals surface area contributed by atoms with Crippen LogP contribution in [0.1, 0.15) is 12.0 Å². The molecule has 1 aliphatic heterocycles. The van der Waals surface area contributed by atoms with E-state index in [2.05, 4.69) is 36.4 Å². The number of hydrogen-bond donors (Lipinski definition) is 0. The second-order valence-electron chi connectivity index (χ2n) is 4.97. The third-order valence-corrected chi connectivity index (χ3v) is 3.55. The van der Waals surface area contributed by atoms with E-state index in [0.29, 0.717) is 13.1 Å². The largest absolute Gasteiger partial charge is 0.331 e. The minimum Gasteiger partial charge on any atom is -0.331 e. The summed E-state index contributed by atoms with van der Waals surface area (Å²) in [5, 5.41) is 0.